The summed E-state index contributed by atoms with van der Waals surface area (Å²) in [6.07, 6.45) is 0.159. The maximum Gasteiger partial charge on any atom is 0.310 e. The number of hydrogen-bond donors (Lipinski definition) is 0. The number of carbonyl (C=O) groups excluding carboxylic acids is 1. The maximum absolute atomic E-state index is 11.9. The van der Waals surface area contributed by atoms with Crippen molar-refractivity contribution < 1.29 is 14.3 Å². The molecule has 0 fully saturated rings. The first-order valence-electron chi connectivity index (χ1n) is 7.20. The van der Waals surface area contributed by atoms with Gasteiger partial charge in [0.25, 0.3) is 5.56 Å². The lowest BCUT2D eigenvalue weighted by Gasteiger charge is -2.04. The largest absolute Gasteiger partial charge is 0.497 e. The first kappa shape index (κ1) is 16.1. The summed E-state index contributed by atoms with van der Waals surface area (Å²) < 4.78 is 11.5. The normalized spacial score (nSPS) is 10.8. The maximum atomic E-state index is 11.9. The van der Waals surface area contributed by atoms with Crippen molar-refractivity contribution in [1.82, 2.24) is 14.6 Å². The van der Waals surface area contributed by atoms with E-state index in [9.17, 15) is 9.59 Å². The molecule has 3 aromatic rings. The van der Waals surface area contributed by atoms with Crippen LogP contribution in [0.1, 0.15) is 16.3 Å². The summed E-state index contributed by atoms with van der Waals surface area (Å²) in [5, 5.41) is 4.64. The summed E-state index contributed by atoms with van der Waals surface area (Å²) in [7, 11) is 1.59. The predicted molar refractivity (Wildman–Crippen MR) is 88.4 cm³/mol. The average molecular weight is 345 g/mol. The summed E-state index contributed by atoms with van der Waals surface area (Å²) in [6, 6.07) is 8.60. The van der Waals surface area contributed by atoms with Crippen molar-refractivity contribution in [3.05, 3.63) is 57.0 Å². The zero-order valence-electron chi connectivity index (χ0n) is 13.2. The van der Waals surface area contributed by atoms with Crippen LogP contribution >= 0.6 is 11.3 Å². The van der Waals surface area contributed by atoms with Crippen LogP contribution in [0.15, 0.2) is 35.1 Å². The van der Waals surface area contributed by atoms with Crippen molar-refractivity contribution in [3.8, 4) is 5.75 Å². The molecule has 2 aromatic heterocycles. The minimum atomic E-state index is -0.365. The van der Waals surface area contributed by atoms with E-state index in [-0.39, 0.29) is 24.6 Å². The van der Waals surface area contributed by atoms with Gasteiger partial charge in [-0.25, -0.2) is 4.98 Å². The second kappa shape index (κ2) is 6.79. The average Bonchev–Trinajstić information content (AvgIpc) is 2.97. The molecule has 0 unspecified atom stereocenters. The van der Waals surface area contributed by atoms with Crippen LogP contribution in [-0.2, 0) is 22.6 Å². The minimum Gasteiger partial charge on any atom is -0.497 e. The number of rotatable bonds is 5. The summed E-state index contributed by atoms with van der Waals surface area (Å²) in [4.78, 5) is 28.4. The van der Waals surface area contributed by atoms with Crippen LogP contribution in [0.2, 0.25) is 0 Å². The van der Waals surface area contributed by atoms with Crippen molar-refractivity contribution in [2.24, 2.45) is 0 Å². The summed E-state index contributed by atoms with van der Waals surface area (Å²) in [5.41, 5.74) is 1.22. The Labute approximate surface area is 141 Å². The van der Waals surface area contributed by atoms with Gasteiger partial charge >= 0.3 is 5.97 Å². The molecule has 0 bridgehead atoms. The Balaban J connectivity index is 1.63. The Morgan fingerprint density at radius 3 is 2.75 bits per heavy atom. The molecule has 0 aliphatic rings. The van der Waals surface area contributed by atoms with Crippen molar-refractivity contribution >= 4 is 22.3 Å². The third kappa shape index (κ3) is 3.60. The van der Waals surface area contributed by atoms with Gasteiger partial charge in [-0.05, 0) is 24.6 Å². The fourth-order valence-corrected chi connectivity index (χ4v) is 2.98. The Morgan fingerprint density at radius 2 is 2.04 bits per heavy atom. The SMILES string of the molecule is COc1ccc(CC(=O)OCc2nn3c(=O)cc(C)nc3s2)cc1. The number of hydrogen-bond acceptors (Lipinski definition) is 7. The summed E-state index contributed by atoms with van der Waals surface area (Å²) >= 11 is 1.23. The topological polar surface area (TPSA) is 82.8 Å². The molecule has 124 valence electrons. The molecule has 0 aliphatic carbocycles. The van der Waals surface area contributed by atoms with E-state index in [4.69, 9.17) is 9.47 Å². The standard InChI is InChI=1S/C16H15N3O4S/c1-10-7-14(20)19-16(17-10)24-13(18-19)9-23-15(21)8-11-3-5-12(22-2)6-4-11/h3-7H,8-9H2,1-2H3. The van der Waals surface area contributed by atoms with Crippen molar-refractivity contribution in [1.29, 1.82) is 0 Å². The van der Waals surface area contributed by atoms with Crippen molar-refractivity contribution in [3.63, 3.8) is 0 Å². The van der Waals surface area contributed by atoms with E-state index < -0.39 is 0 Å². The minimum absolute atomic E-state index is 0.0154. The molecule has 2 heterocycles. The zero-order chi connectivity index (χ0) is 17.1. The van der Waals surface area contributed by atoms with Gasteiger partial charge in [0, 0.05) is 11.8 Å². The number of methoxy groups -OCH3 is 1. The second-order valence-electron chi connectivity index (χ2n) is 5.11. The first-order chi connectivity index (χ1) is 11.5. The molecule has 0 saturated heterocycles. The Bertz CT molecular complexity index is 931. The monoisotopic (exact) mass is 345 g/mol. The van der Waals surface area contributed by atoms with Crippen molar-refractivity contribution in [2.75, 3.05) is 7.11 Å². The molecule has 1 aromatic carbocycles. The lowest BCUT2D eigenvalue weighted by molar-refractivity contribution is -0.144. The Kier molecular flexibility index (Phi) is 4.57. The molecule has 0 N–H and O–H groups in total. The fraction of sp³-hybridized carbons (Fsp3) is 0.250. The van der Waals surface area contributed by atoms with E-state index in [0.717, 1.165) is 11.3 Å². The number of nitrogens with zero attached hydrogens (tertiary/aromatic N) is 3. The van der Waals surface area contributed by atoms with E-state index in [0.29, 0.717) is 15.7 Å². The fourth-order valence-electron chi connectivity index (χ4n) is 2.12. The number of esters is 1. The van der Waals surface area contributed by atoms with Gasteiger partial charge in [0.2, 0.25) is 4.96 Å². The molecule has 0 atom stereocenters. The van der Waals surface area contributed by atoms with E-state index in [1.807, 2.05) is 12.1 Å². The second-order valence-corrected chi connectivity index (χ2v) is 6.15. The number of ether oxygens (including phenoxy) is 2. The van der Waals surface area contributed by atoms with E-state index in [2.05, 4.69) is 10.1 Å². The van der Waals surface area contributed by atoms with Gasteiger partial charge in [-0.15, -0.1) is 0 Å². The van der Waals surface area contributed by atoms with Gasteiger partial charge in [-0.1, -0.05) is 23.5 Å². The molecule has 0 spiro atoms. The van der Waals surface area contributed by atoms with Gasteiger partial charge in [0.05, 0.1) is 13.5 Å². The number of aromatic nitrogens is 3. The highest BCUT2D eigenvalue weighted by atomic mass is 32.1. The quantitative estimate of drug-likeness (QED) is 0.655. The van der Waals surface area contributed by atoms with Crippen molar-refractivity contribution in [2.45, 2.75) is 20.0 Å². The van der Waals surface area contributed by atoms with E-state index >= 15 is 0 Å². The highest BCUT2D eigenvalue weighted by Gasteiger charge is 2.11. The molecule has 24 heavy (non-hydrogen) atoms. The number of fused-ring (bicyclic) bond motifs is 1. The lowest BCUT2D eigenvalue weighted by atomic mass is 10.1. The highest BCUT2D eigenvalue weighted by Crippen LogP contribution is 2.14. The molecule has 7 nitrogen and oxygen atoms in total. The Morgan fingerprint density at radius 1 is 1.29 bits per heavy atom. The van der Waals surface area contributed by atoms with Gasteiger partial charge < -0.3 is 9.47 Å². The molecular formula is C16H15N3O4S. The van der Waals surface area contributed by atoms with Gasteiger partial charge in [0.15, 0.2) is 5.01 Å². The number of carbonyl (C=O) groups is 1. The molecular weight excluding hydrogens is 330 g/mol. The molecule has 0 aliphatic heterocycles. The molecule has 0 amide bonds. The summed E-state index contributed by atoms with van der Waals surface area (Å²) in [5.74, 6) is 0.366. The van der Waals surface area contributed by atoms with Crippen LogP contribution < -0.4 is 10.3 Å². The van der Waals surface area contributed by atoms with E-state index in [1.165, 1.54) is 21.9 Å². The first-order valence-corrected chi connectivity index (χ1v) is 8.02. The highest BCUT2D eigenvalue weighted by molar-refractivity contribution is 7.16. The Hall–Kier alpha value is -2.74. The number of benzene rings is 1. The van der Waals surface area contributed by atoms with Crippen LogP contribution in [0.5, 0.6) is 5.75 Å². The van der Waals surface area contributed by atoms with Crippen LogP contribution in [0.25, 0.3) is 4.96 Å². The van der Waals surface area contributed by atoms with Crippen LogP contribution in [0, 0.1) is 6.92 Å². The number of aryl methyl sites for hydroxylation is 1. The molecule has 0 saturated carbocycles. The molecule has 3 rings (SSSR count). The third-order valence-electron chi connectivity index (χ3n) is 3.28. The predicted octanol–water partition coefficient (Wildman–Crippen LogP) is 1.75. The summed E-state index contributed by atoms with van der Waals surface area (Å²) in [6.45, 7) is 1.76. The molecule has 0 radical (unpaired) electrons. The van der Waals surface area contributed by atoms with Gasteiger partial charge in [0.1, 0.15) is 12.4 Å². The lowest BCUT2D eigenvalue weighted by Crippen LogP contribution is -2.14. The zero-order valence-corrected chi connectivity index (χ0v) is 14.0. The van der Waals surface area contributed by atoms with Gasteiger partial charge in [-0.2, -0.15) is 9.61 Å². The molecule has 8 heteroatoms. The van der Waals surface area contributed by atoms with Crippen LogP contribution in [0.3, 0.4) is 0 Å². The van der Waals surface area contributed by atoms with Crippen LogP contribution in [-0.4, -0.2) is 27.7 Å². The third-order valence-corrected chi connectivity index (χ3v) is 4.16. The van der Waals surface area contributed by atoms with E-state index in [1.54, 1.807) is 26.2 Å². The van der Waals surface area contributed by atoms with Crippen LogP contribution in [0.4, 0.5) is 0 Å². The van der Waals surface area contributed by atoms with Gasteiger partial charge in [-0.3, -0.25) is 9.59 Å². The smallest absolute Gasteiger partial charge is 0.310 e.